The van der Waals surface area contributed by atoms with Gasteiger partial charge in [0.05, 0.1) is 11.6 Å². The number of nitriles is 1. The Hall–Kier alpha value is -2.28. The third-order valence-corrected chi connectivity index (χ3v) is 2.10. The molecule has 4 nitrogen and oxygen atoms in total. The van der Waals surface area contributed by atoms with Crippen LogP contribution in [0.25, 0.3) is 0 Å². The monoisotopic (exact) mass is 230 g/mol. The predicted molar refractivity (Wildman–Crippen MR) is 64.5 cm³/mol. The van der Waals surface area contributed by atoms with E-state index in [9.17, 15) is 4.79 Å². The summed E-state index contributed by atoms with van der Waals surface area (Å²) in [5, 5.41) is 11.3. The molecule has 0 aliphatic heterocycles. The largest absolute Gasteiger partial charge is 0.484 e. The normalized spacial score (nSPS) is 11.1. The van der Waals surface area contributed by atoms with Gasteiger partial charge in [-0.1, -0.05) is 6.08 Å². The number of ether oxygens (including phenoxy) is 1. The number of nitrogens with zero attached hydrogens (tertiary/aromatic N) is 1. The molecule has 4 heteroatoms. The maximum atomic E-state index is 11.4. The lowest BCUT2D eigenvalue weighted by atomic mass is 10.2. The molecule has 17 heavy (non-hydrogen) atoms. The minimum Gasteiger partial charge on any atom is -0.484 e. The van der Waals surface area contributed by atoms with E-state index >= 15 is 0 Å². The first kappa shape index (κ1) is 12.8. The first-order valence-corrected chi connectivity index (χ1v) is 5.20. The summed E-state index contributed by atoms with van der Waals surface area (Å²) in [6, 6.07) is 8.52. The number of carbonyl (C=O) groups excluding carboxylic acids is 1. The second kappa shape index (κ2) is 6.33. The lowest BCUT2D eigenvalue weighted by molar-refractivity contribution is -0.123. The van der Waals surface area contributed by atoms with Crippen molar-refractivity contribution in [1.82, 2.24) is 5.32 Å². The Morgan fingerprint density at radius 2 is 2.24 bits per heavy atom. The molecule has 1 aromatic carbocycles. The maximum absolute atomic E-state index is 11.4. The van der Waals surface area contributed by atoms with Crippen molar-refractivity contribution in [3.8, 4) is 11.8 Å². The van der Waals surface area contributed by atoms with Crippen LogP contribution < -0.4 is 10.1 Å². The first-order chi connectivity index (χ1) is 8.15. The zero-order valence-electron chi connectivity index (χ0n) is 9.64. The molecule has 1 aromatic rings. The van der Waals surface area contributed by atoms with Crippen LogP contribution in [0.5, 0.6) is 5.75 Å². The SMILES string of the molecule is C=CC(C)NC(=O)COc1ccc(C#N)cc1. The molecule has 0 radical (unpaired) electrons. The third kappa shape index (κ3) is 4.39. The Bertz CT molecular complexity index is 432. The van der Waals surface area contributed by atoms with Crippen LogP contribution in [-0.2, 0) is 4.79 Å². The highest BCUT2D eigenvalue weighted by Crippen LogP contribution is 2.11. The fourth-order valence-corrected chi connectivity index (χ4v) is 1.13. The number of amides is 1. The van der Waals surface area contributed by atoms with E-state index in [2.05, 4.69) is 11.9 Å². The molecule has 1 unspecified atom stereocenters. The van der Waals surface area contributed by atoms with Gasteiger partial charge in [0.15, 0.2) is 6.61 Å². The molecular formula is C13H14N2O2. The highest BCUT2D eigenvalue weighted by atomic mass is 16.5. The smallest absolute Gasteiger partial charge is 0.258 e. The molecule has 0 bridgehead atoms. The van der Waals surface area contributed by atoms with Crippen LogP contribution in [0.4, 0.5) is 0 Å². The molecule has 0 saturated heterocycles. The van der Waals surface area contributed by atoms with Crippen LogP contribution in [-0.4, -0.2) is 18.6 Å². The average Bonchev–Trinajstić information content (AvgIpc) is 2.36. The van der Waals surface area contributed by atoms with E-state index in [1.807, 2.05) is 13.0 Å². The van der Waals surface area contributed by atoms with Crippen LogP contribution in [0.3, 0.4) is 0 Å². The van der Waals surface area contributed by atoms with E-state index in [1.165, 1.54) is 0 Å². The Morgan fingerprint density at radius 1 is 1.59 bits per heavy atom. The lowest BCUT2D eigenvalue weighted by Gasteiger charge is -2.10. The van der Waals surface area contributed by atoms with Gasteiger partial charge in [-0.05, 0) is 31.2 Å². The molecule has 0 fully saturated rings. The van der Waals surface area contributed by atoms with Gasteiger partial charge in [-0.3, -0.25) is 4.79 Å². The predicted octanol–water partition coefficient (Wildman–Crippen LogP) is 1.63. The summed E-state index contributed by atoms with van der Waals surface area (Å²) in [5.74, 6) is 0.354. The van der Waals surface area contributed by atoms with Crippen LogP contribution in [0.1, 0.15) is 12.5 Å². The molecule has 1 atom stereocenters. The summed E-state index contributed by atoms with van der Waals surface area (Å²) in [7, 11) is 0. The Morgan fingerprint density at radius 3 is 2.76 bits per heavy atom. The molecular weight excluding hydrogens is 216 g/mol. The lowest BCUT2D eigenvalue weighted by Crippen LogP contribution is -2.34. The Balaban J connectivity index is 2.42. The van der Waals surface area contributed by atoms with Gasteiger partial charge in [-0.2, -0.15) is 5.26 Å². The number of hydrogen-bond donors (Lipinski definition) is 1. The van der Waals surface area contributed by atoms with Crippen molar-refractivity contribution in [2.75, 3.05) is 6.61 Å². The Labute approximate surface area is 101 Å². The topological polar surface area (TPSA) is 62.1 Å². The number of benzene rings is 1. The van der Waals surface area contributed by atoms with Gasteiger partial charge in [0.2, 0.25) is 0 Å². The van der Waals surface area contributed by atoms with E-state index in [4.69, 9.17) is 10.00 Å². The fraction of sp³-hybridized carbons (Fsp3) is 0.231. The van der Waals surface area contributed by atoms with Crippen LogP contribution in [0.15, 0.2) is 36.9 Å². The zero-order chi connectivity index (χ0) is 12.7. The van der Waals surface area contributed by atoms with E-state index in [0.29, 0.717) is 11.3 Å². The molecule has 0 aromatic heterocycles. The molecule has 0 aliphatic carbocycles. The number of nitrogens with one attached hydrogen (secondary N) is 1. The molecule has 0 spiro atoms. The highest BCUT2D eigenvalue weighted by molar-refractivity contribution is 5.78. The summed E-state index contributed by atoms with van der Waals surface area (Å²) < 4.78 is 5.26. The van der Waals surface area contributed by atoms with Crippen LogP contribution in [0, 0.1) is 11.3 Å². The summed E-state index contributed by atoms with van der Waals surface area (Å²) >= 11 is 0. The summed E-state index contributed by atoms with van der Waals surface area (Å²) in [4.78, 5) is 11.4. The van der Waals surface area contributed by atoms with Crippen molar-refractivity contribution < 1.29 is 9.53 Å². The Kier molecular flexibility index (Phi) is 4.77. The summed E-state index contributed by atoms with van der Waals surface area (Å²) in [6.07, 6.45) is 1.64. The second-order valence-corrected chi connectivity index (χ2v) is 3.52. The second-order valence-electron chi connectivity index (χ2n) is 3.52. The van der Waals surface area contributed by atoms with Gasteiger partial charge in [-0.25, -0.2) is 0 Å². The van der Waals surface area contributed by atoms with Crippen molar-refractivity contribution in [2.24, 2.45) is 0 Å². The van der Waals surface area contributed by atoms with Crippen molar-refractivity contribution in [3.63, 3.8) is 0 Å². The van der Waals surface area contributed by atoms with Crippen molar-refractivity contribution in [2.45, 2.75) is 13.0 Å². The maximum Gasteiger partial charge on any atom is 0.258 e. The van der Waals surface area contributed by atoms with E-state index < -0.39 is 0 Å². The minimum atomic E-state index is -0.207. The quantitative estimate of drug-likeness (QED) is 0.782. The van der Waals surface area contributed by atoms with Gasteiger partial charge in [0.1, 0.15) is 5.75 Å². The average molecular weight is 230 g/mol. The van der Waals surface area contributed by atoms with Crippen molar-refractivity contribution >= 4 is 5.91 Å². The third-order valence-electron chi connectivity index (χ3n) is 2.10. The van der Waals surface area contributed by atoms with Gasteiger partial charge in [0, 0.05) is 6.04 Å². The molecule has 88 valence electrons. The number of hydrogen-bond acceptors (Lipinski definition) is 3. The molecule has 0 saturated carbocycles. The van der Waals surface area contributed by atoms with E-state index in [-0.39, 0.29) is 18.6 Å². The van der Waals surface area contributed by atoms with E-state index in [0.717, 1.165) is 0 Å². The molecule has 1 rings (SSSR count). The fourth-order valence-electron chi connectivity index (χ4n) is 1.13. The number of carbonyl (C=O) groups is 1. The minimum absolute atomic E-state index is 0.0515. The zero-order valence-corrected chi connectivity index (χ0v) is 9.64. The highest BCUT2D eigenvalue weighted by Gasteiger charge is 2.04. The van der Waals surface area contributed by atoms with Gasteiger partial charge >= 0.3 is 0 Å². The van der Waals surface area contributed by atoms with Gasteiger partial charge < -0.3 is 10.1 Å². The molecule has 1 N–H and O–H groups in total. The first-order valence-electron chi connectivity index (χ1n) is 5.20. The summed E-state index contributed by atoms with van der Waals surface area (Å²) in [5.41, 5.74) is 0.557. The molecule has 0 heterocycles. The van der Waals surface area contributed by atoms with Crippen LogP contribution in [0.2, 0.25) is 0 Å². The standard InChI is InChI=1S/C13H14N2O2/c1-3-10(2)15-13(16)9-17-12-6-4-11(8-14)5-7-12/h3-7,10H,1,9H2,2H3,(H,15,16). The van der Waals surface area contributed by atoms with Crippen LogP contribution >= 0.6 is 0 Å². The summed E-state index contributed by atoms with van der Waals surface area (Å²) in [6.45, 7) is 5.34. The van der Waals surface area contributed by atoms with E-state index in [1.54, 1.807) is 30.3 Å². The molecule has 1 amide bonds. The van der Waals surface area contributed by atoms with Crippen molar-refractivity contribution in [1.29, 1.82) is 5.26 Å². The van der Waals surface area contributed by atoms with Crippen molar-refractivity contribution in [3.05, 3.63) is 42.5 Å². The van der Waals surface area contributed by atoms with Gasteiger partial charge in [-0.15, -0.1) is 6.58 Å². The van der Waals surface area contributed by atoms with Gasteiger partial charge in [0.25, 0.3) is 5.91 Å². The number of rotatable bonds is 5. The molecule has 0 aliphatic rings.